The fourth-order valence-electron chi connectivity index (χ4n) is 1.54. The van der Waals surface area contributed by atoms with Crippen molar-refractivity contribution in [3.63, 3.8) is 0 Å². The van der Waals surface area contributed by atoms with Gasteiger partial charge in [0.25, 0.3) is 0 Å². The molecule has 82 valence electrons. The largest absolute Gasteiger partial charge is 0.487 e. The second-order valence-electron chi connectivity index (χ2n) is 3.52. The second kappa shape index (κ2) is 4.84. The number of hydrogen-bond donors (Lipinski definition) is 1. The molecule has 1 aromatic carbocycles. The Morgan fingerprint density at radius 3 is 2.80 bits per heavy atom. The van der Waals surface area contributed by atoms with Crippen molar-refractivity contribution in [1.82, 2.24) is 5.32 Å². The highest BCUT2D eigenvalue weighted by Gasteiger charge is 2.22. The molecule has 0 amide bonds. The van der Waals surface area contributed by atoms with E-state index in [0.29, 0.717) is 5.02 Å². The first kappa shape index (κ1) is 10.7. The van der Waals surface area contributed by atoms with E-state index in [1.807, 2.05) is 31.2 Å². The van der Waals surface area contributed by atoms with Crippen molar-refractivity contribution in [3.8, 4) is 5.75 Å². The lowest BCUT2D eigenvalue weighted by atomic mass is 10.3. The quantitative estimate of drug-likeness (QED) is 0.858. The van der Waals surface area contributed by atoms with Gasteiger partial charge < -0.3 is 9.47 Å². The first-order valence-electron chi connectivity index (χ1n) is 5.03. The number of nitrogens with one attached hydrogen (secondary N) is 1. The maximum absolute atomic E-state index is 5.78. The molecule has 1 fully saturated rings. The average molecular weight is 228 g/mol. The standard InChI is InChI=1S/C11H14ClNO2/c1-8(11-13-6-7-14-11)15-10-4-2-9(12)3-5-10/h2-5,8,11,13H,6-7H2,1H3/t8-,11?/m0/s1. The van der Waals surface area contributed by atoms with Gasteiger partial charge in [-0.3, -0.25) is 5.32 Å². The van der Waals surface area contributed by atoms with E-state index < -0.39 is 0 Å². The van der Waals surface area contributed by atoms with Gasteiger partial charge in [-0.15, -0.1) is 0 Å². The summed E-state index contributed by atoms with van der Waals surface area (Å²) in [6.45, 7) is 3.62. The van der Waals surface area contributed by atoms with E-state index >= 15 is 0 Å². The number of hydrogen-bond acceptors (Lipinski definition) is 3. The fraction of sp³-hybridized carbons (Fsp3) is 0.455. The van der Waals surface area contributed by atoms with Crippen molar-refractivity contribution in [2.45, 2.75) is 19.3 Å². The lowest BCUT2D eigenvalue weighted by Crippen LogP contribution is -2.37. The Labute approximate surface area is 94.3 Å². The molecule has 1 saturated heterocycles. The van der Waals surface area contributed by atoms with Crippen LogP contribution in [0.2, 0.25) is 5.02 Å². The van der Waals surface area contributed by atoms with E-state index in [-0.39, 0.29) is 12.3 Å². The van der Waals surface area contributed by atoms with Crippen LogP contribution in [-0.2, 0) is 4.74 Å². The molecule has 1 heterocycles. The van der Waals surface area contributed by atoms with E-state index in [1.165, 1.54) is 0 Å². The molecule has 0 spiro atoms. The van der Waals surface area contributed by atoms with Gasteiger partial charge in [0.05, 0.1) is 6.61 Å². The molecule has 1 unspecified atom stereocenters. The van der Waals surface area contributed by atoms with Crippen LogP contribution in [-0.4, -0.2) is 25.5 Å². The molecule has 2 atom stereocenters. The average Bonchev–Trinajstić information content (AvgIpc) is 2.74. The minimum Gasteiger partial charge on any atom is -0.487 e. The van der Waals surface area contributed by atoms with Crippen LogP contribution in [0.5, 0.6) is 5.75 Å². The summed E-state index contributed by atoms with van der Waals surface area (Å²) in [6.07, 6.45) is -0.0191. The van der Waals surface area contributed by atoms with E-state index in [9.17, 15) is 0 Å². The zero-order valence-electron chi connectivity index (χ0n) is 8.57. The van der Waals surface area contributed by atoms with Crippen LogP contribution in [0.15, 0.2) is 24.3 Å². The summed E-state index contributed by atoms with van der Waals surface area (Å²) >= 11 is 5.78. The molecule has 1 aliphatic rings. The Morgan fingerprint density at radius 2 is 2.20 bits per heavy atom. The van der Waals surface area contributed by atoms with Gasteiger partial charge >= 0.3 is 0 Å². The van der Waals surface area contributed by atoms with Gasteiger partial charge in [0.2, 0.25) is 0 Å². The fourth-order valence-corrected chi connectivity index (χ4v) is 1.66. The molecule has 0 aliphatic carbocycles. The summed E-state index contributed by atoms with van der Waals surface area (Å²) in [4.78, 5) is 0. The minimum atomic E-state index is -0.0133. The van der Waals surface area contributed by atoms with Crippen LogP contribution in [0.3, 0.4) is 0 Å². The van der Waals surface area contributed by atoms with Crippen LogP contribution in [0.1, 0.15) is 6.92 Å². The van der Waals surface area contributed by atoms with Crippen LogP contribution < -0.4 is 10.1 Å². The molecule has 1 aromatic rings. The van der Waals surface area contributed by atoms with Gasteiger partial charge in [0, 0.05) is 11.6 Å². The van der Waals surface area contributed by atoms with Gasteiger partial charge in [0.1, 0.15) is 18.1 Å². The van der Waals surface area contributed by atoms with Crippen molar-refractivity contribution in [2.75, 3.05) is 13.2 Å². The molecule has 2 rings (SSSR count). The monoisotopic (exact) mass is 227 g/mol. The summed E-state index contributed by atoms with van der Waals surface area (Å²) in [5, 5.41) is 3.93. The third kappa shape index (κ3) is 2.84. The summed E-state index contributed by atoms with van der Waals surface area (Å²) in [5.74, 6) is 0.809. The number of ether oxygens (including phenoxy) is 2. The predicted octanol–water partition coefficient (Wildman–Crippen LogP) is 2.05. The molecule has 0 bridgehead atoms. The molecule has 1 N–H and O–H groups in total. The Balaban J connectivity index is 1.92. The van der Waals surface area contributed by atoms with Gasteiger partial charge in [-0.1, -0.05) is 11.6 Å². The Morgan fingerprint density at radius 1 is 1.47 bits per heavy atom. The van der Waals surface area contributed by atoms with Crippen molar-refractivity contribution in [3.05, 3.63) is 29.3 Å². The molecule has 15 heavy (non-hydrogen) atoms. The highest BCUT2D eigenvalue weighted by atomic mass is 35.5. The normalized spacial score (nSPS) is 22.7. The number of benzene rings is 1. The molecule has 0 aromatic heterocycles. The zero-order chi connectivity index (χ0) is 10.7. The van der Waals surface area contributed by atoms with Crippen molar-refractivity contribution in [2.24, 2.45) is 0 Å². The van der Waals surface area contributed by atoms with Crippen molar-refractivity contribution < 1.29 is 9.47 Å². The molecule has 0 saturated carbocycles. The third-order valence-electron chi connectivity index (χ3n) is 2.31. The van der Waals surface area contributed by atoms with Crippen molar-refractivity contribution >= 4 is 11.6 Å². The van der Waals surface area contributed by atoms with Crippen LogP contribution in [0, 0.1) is 0 Å². The van der Waals surface area contributed by atoms with Gasteiger partial charge in [0.15, 0.2) is 0 Å². The van der Waals surface area contributed by atoms with Gasteiger partial charge in [-0.25, -0.2) is 0 Å². The van der Waals surface area contributed by atoms with E-state index in [0.717, 1.165) is 18.9 Å². The molecule has 0 radical (unpaired) electrons. The predicted molar refractivity (Wildman–Crippen MR) is 59.3 cm³/mol. The van der Waals surface area contributed by atoms with Gasteiger partial charge in [-0.05, 0) is 31.2 Å². The highest BCUT2D eigenvalue weighted by molar-refractivity contribution is 6.30. The zero-order valence-corrected chi connectivity index (χ0v) is 9.33. The molecule has 1 aliphatic heterocycles. The smallest absolute Gasteiger partial charge is 0.145 e. The van der Waals surface area contributed by atoms with Crippen molar-refractivity contribution in [1.29, 1.82) is 0 Å². The molecule has 3 nitrogen and oxygen atoms in total. The lowest BCUT2D eigenvalue weighted by molar-refractivity contribution is 0.0116. The minimum absolute atomic E-state index is 0.00586. The van der Waals surface area contributed by atoms with Crippen LogP contribution >= 0.6 is 11.6 Å². The Bertz CT molecular complexity index is 309. The first-order valence-corrected chi connectivity index (χ1v) is 5.41. The highest BCUT2D eigenvalue weighted by Crippen LogP contribution is 2.18. The maximum atomic E-state index is 5.78. The van der Waals surface area contributed by atoms with Gasteiger partial charge in [-0.2, -0.15) is 0 Å². The summed E-state index contributed by atoms with van der Waals surface area (Å²) in [7, 11) is 0. The molecular weight excluding hydrogens is 214 g/mol. The lowest BCUT2D eigenvalue weighted by Gasteiger charge is -2.20. The number of rotatable bonds is 3. The Hall–Kier alpha value is -0.770. The summed E-state index contributed by atoms with van der Waals surface area (Å²) in [6, 6.07) is 7.33. The van der Waals surface area contributed by atoms with Crippen LogP contribution in [0.25, 0.3) is 0 Å². The van der Waals surface area contributed by atoms with Crippen LogP contribution in [0.4, 0.5) is 0 Å². The molecule has 4 heteroatoms. The Kier molecular flexibility index (Phi) is 3.46. The van der Waals surface area contributed by atoms with E-state index in [4.69, 9.17) is 21.1 Å². The third-order valence-corrected chi connectivity index (χ3v) is 2.56. The molecular formula is C11H14ClNO2. The number of halogens is 1. The van der Waals surface area contributed by atoms with E-state index in [1.54, 1.807) is 0 Å². The second-order valence-corrected chi connectivity index (χ2v) is 3.96. The summed E-state index contributed by atoms with van der Waals surface area (Å²) in [5.41, 5.74) is 0. The first-order chi connectivity index (χ1) is 7.25. The topological polar surface area (TPSA) is 30.5 Å². The maximum Gasteiger partial charge on any atom is 0.145 e. The SMILES string of the molecule is C[C@H](Oc1ccc(Cl)cc1)C1NCCO1. The van der Waals surface area contributed by atoms with E-state index in [2.05, 4.69) is 5.32 Å². The summed E-state index contributed by atoms with van der Waals surface area (Å²) < 4.78 is 11.2.